The van der Waals surface area contributed by atoms with Gasteiger partial charge in [0.05, 0.1) is 6.04 Å². The molecule has 3 nitrogen and oxygen atoms in total. The van der Waals surface area contributed by atoms with Gasteiger partial charge in [0.2, 0.25) is 5.91 Å². The Labute approximate surface area is 115 Å². The summed E-state index contributed by atoms with van der Waals surface area (Å²) in [5, 5.41) is 3.38. The molecule has 1 aliphatic rings. The molecular formula is C16H24N2O. The average Bonchev–Trinajstić information content (AvgIpc) is 2.90. The number of carbonyl (C=O) groups is 1. The summed E-state index contributed by atoms with van der Waals surface area (Å²) in [6, 6.07) is 10.5. The van der Waals surface area contributed by atoms with Crippen LogP contribution >= 0.6 is 0 Å². The summed E-state index contributed by atoms with van der Waals surface area (Å²) >= 11 is 0. The van der Waals surface area contributed by atoms with Crippen LogP contribution in [0.4, 0.5) is 0 Å². The monoisotopic (exact) mass is 260 g/mol. The van der Waals surface area contributed by atoms with Crippen molar-refractivity contribution in [3.05, 3.63) is 35.9 Å². The third kappa shape index (κ3) is 3.16. The Morgan fingerprint density at radius 3 is 2.47 bits per heavy atom. The van der Waals surface area contributed by atoms with Crippen molar-refractivity contribution >= 4 is 5.91 Å². The van der Waals surface area contributed by atoms with Gasteiger partial charge in [0, 0.05) is 12.0 Å². The van der Waals surface area contributed by atoms with Crippen molar-refractivity contribution in [2.45, 2.75) is 50.5 Å². The fourth-order valence-electron chi connectivity index (χ4n) is 3.18. The van der Waals surface area contributed by atoms with Gasteiger partial charge >= 0.3 is 0 Å². The first-order valence-electron chi connectivity index (χ1n) is 7.26. The van der Waals surface area contributed by atoms with Gasteiger partial charge in [0.25, 0.3) is 0 Å². The number of nitrogens with one attached hydrogen (secondary N) is 1. The fraction of sp³-hybridized carbons (Fsp3) is 0.562. The Kier molecular flexibility index (Phi) is 4.59. The minimum atomic E-state index is -0.247. The number of amides is 1. The van der Waals surface area contributed by atoms with Crippen LogP contribution in [0.1, 0.15) is 44.6 Å². The Morgan fingerprint density at radius 1 is 1.32 bits per heavy atom. The molecule has 1 atom stereocenters. The molecule has 3 heteroatoms. The highest BCUT2D eigenvalue weighted by molar-refractivity contribution is 5.79. The first-order valence-corrected chi connectivity index (χ1v) is 7.26. The highest BCUT2D eigenvalue weighted by Crippen LogP contribution is 2.40. The van der Waals surface area contributed by atoms with E-state index in [-0.39, 0.29) is 17.4 Å². The molecule has 0 radical (unpaired) electrons. The summed E-state index contributed by atoms with van der Waals surface area (Å²) in [6.45, 7) is 2.84. The van der Waals surface area contributed by atoms with Crippen molar-refractivity contribution in [2.24, 2.45) is 5.73 Å². The average molecular weight is 260 g/mol. The van der Waals surface area contributed by atoms with Crippen LogP contribution in [0.15, 0.2) is 30.3 Å². The largest absolute Gasteiger partial charge is 0.368 e. The van der Waals surface area contributed by atoms with Crippen molar-refractivity contribution in [3.63, 3.8) is 0 Å². The molecule has 1 aromatic rings. The van der Waals surface area contributed by atoms with E-state index in [1.807, 2.05) is 6.92 Å². The zero-order valence-electron chi connectivity index (χ0n) is 11.7. The summed E-state index contributed by atoms with van der Waals surface area (Å²) in [5.41, 5.74) is 6.99. The lowest BCUT2D eigenvalue weighted by atomic mass is 9.78. The molecule has 0 aliphatic heterocycles. The molecule has 0 unspecified atom stereocenters. The van der Waals surface area contributed by atoms with Crippen LogP contribution < -0.4 is 11.1 Å². The van der Waals surface area contributed by atoms with E-state index >= 15 is 0 Å². The summed E-state index contributed by atoms with van der Waals surface area (Å²) in [6.07, 6.45) is 5.67. The molecule has 0 heterocycles. The first-order chi connectivity index (χ1) is 9.18. The van der Waals surface area contributed by atoms with Crippen LogP contribution in [0, 0.1) is 0 Å². The van der Waals surface area contributed by atoms with Gasteiger partial charge in [-0.15, -0.1) is 0 Å². The van der Waals surface area contributed by atoms with E-state index in [0.29, 0.717) is 0 Å². The van der Waals surface area contributed by atoms with E-state index in [2.05, 4.69) is 35.6 Å². The Bertz CT molecular complexity index is 410. The maximum atomic E-state index is 11.3. The standard InChI is InChI=1S/C16H24N2O/c1-2-14(15(17)19)18-12-16(10-6-7-11-16)13-8-4-3-5-9-13/h3-5,8-9,14,18H,2,6-7,10-12H2,1H3,(H2,17,19)/t14-/m1/s1. The SMILES string of the molecule is CC[C@@H](NCC1(c2ccccc2)CCCC1)C(N)=O. The Hall–Kier alpha value is -1.35. The van der Waals surface area contributed by atoms with E-state index < -0.39 is 0 Å². The van der Waals surface area contributed by atoms with Gasteiger partial charge in [-0.25, -0.2) is 0 Å². The van der Waals surface area contributed by atoms with Gasteiger partial charge < -0.3 is 11.1 Å². The van der Waals surface area contributed by atoms with Crippen molar-refractivity contribution in [1.29, 1.82) is 0 Å². The number of nitrogens with two attached hydrogens (primary N) is 1. The minimum Gasteiger partial charge on any atom is -0.368 e. The van der Waals surface area contributed by atoms with E-state index in [9.17, 15) is 4.79 Å². The number of hydrogen-bond donors (Lipinski definition) is 2. The van der Waals surface area contributed by atoms with Crippen LogP contribution in [-0.2, 0) is 10.2 Å². The van der Waals surface area contributed by atoms with E-state index in [4.69, 9.17) is 5.73 Å². The molecule has 1 amide bonds. The molecule has 0 aromatic heterocycles. The normalized spacial score (nSPS) is 19.2. The second kappa shape index (κ2) is 6.20. The van der Waals surface area contributed by atoms with E-state index in [0.717, 1.165) is 13.0 Å². The van der Waals surface area contributed by atoms with Crippen LogP contribution in [0.5, 0.6) is 0 Å². The summed E-state index contributed by atoms with van der Waals surface area (Å²) in [4.78, 5) is 11.3. The lowest BCUT2D eigenvalue weighted by Crippen LogP contribution is -2.46. The van der Waals surface area contributed by atoms with Crippen LogP contribution in [-0.4, -0.2) is 18.5 Å². The van der Waals surface area contributed by atoms with Gasteiger partial charge in [-0.05, 0) is 24.8 Å². The summed E-state index contributed by atoms with van der Waals surface area (Å²) in [7, 11) is 0. The van der Waals surface area contributed by atoms with Crippen molar-refractivity contribution in [1.82, 2.24) is 5.32 Å². The molecule has 1 aromatic carbocycles. The lowest BCUT2D eigenvalue weighted by Gasteiger charge is -2.31. The quantitative estimate of drug-likeness (QED) is 0.825. The smallest absolute Gasteiger partial charge is 0.234 e. The maximum Gasteiger partial charge on any atom is 0.234 e. The number of hydrogen-bond acceptors (Lipinski definition) is 2. The second-order valence-electron chi connectivity index (χ2n) is 5.60. The topological polar surface area (TPSA) is 55.1 Å². The summed E-state index contributed by atoms with van der Waals surface area (Å²) in [5.74, 6) is -0.247. The number of carbonyl (C=O) groups excluding carboxylic acids is 1. The maximum absolute atomic E-state index is 11.3. The first kappa shape index (κ1) is 14.1. The fourth-order valence-corrected chi connectivity index (χ4v) is 3.18. The molecule has 1 fully saturated rings. The molecule has 2 rings (SSSR count). The van der Waals surface area contributed by atoms with Crippen LogP contribution in [0.3, 0.4) is 0 Å². The van der Waals surface area contributed by atoms with Gasteiger partial charge in [0.15, 0.2) is 0 Å². The minimum absolute atomic E-state index is 0.185. The van der Waals surface area contributed by atoms with Crippen molar-refractivity contribution in [2.75, 3.05) is 6.54 Å². The molecular weight excluding hydrogens is 236 g/mol. The molecule has 3 N–H and O–H groups in total. The highest BCUT2D eigenvalue weighted by atomic mass is 16.1. The van der Waals surface area contributed by atoms with E-state index in [1.165, 1.54) is 31.2 Å². The van der Waals surface area contributed by atoms with E-state index in [1.54, 1.807) is 0 Å². The Balaban J connectivity index is 2.11. The predicted octanol–water partition coefficient (Wildman–Crippen LogP) is 2.35. The molecule has 0 bridgehead atoms. The zero-order valence-corrected chi connectivity index (χ0v) is 11.7. The molecule has 1 saturated carbocycles. The van der Waals surface area contributed by atoms with Crippen LogP contribution in [0.25, 0.3) is 0 Å². The molecule has 0 spiro atoms. The number of primary amides is 1. The molecule has 19 heavy (non-hydrogen) atoms. The van der Waals surface area contributed by atoms with Crippen LogP contribution in [0.2, 0.25) is 0 Å². The molecule has 104 valence electrons. The van der Waals surface area contributed by atoms with Gasteiger partial charge in [0.1, 0.15) is 0 Å². The third-order valence-electron chi connectivity index (χ3n) is 4.39. The van der Waals surface area contributed by atoms with Gasteiger partial charge in [-0.3, -0.25) is 4.79 Å². The third-order valence-corrected chi connectivity index (χ3v) is 4.39. The summed E-state index contributed by atoms with van der Waals surface area (Å²) < 4.78 is 0. The highest BCUT2D eigenvalue weighted by Gasteiger charge is 2.35. The Morgan fingerprint density at radius 2 is 1.95 bits per heavy atom. The zero-order chi connectivity index (χ0) is 13.7. The molecule has 1 aliphatic carbocycles. The van der Waals surface area contributed by atoms with Gasteiger partial charge in [-0.1, -0.05) is 50.1 Å². The number of benzene rings is 1. The predicted molar refractivity (Wildman–Crippen MR) is 77.9 cm³/mol. The van der Waals surface area contributed by atoms with Crippen molar-refractivity contribution in [3.8, 4) is 0 Å². The number of rotatable bonds is 6. The molecule has 0 saturated heterocycles. The second-order valence-corrected chi connectivity index (χ2v) is 5.60. The van der Waals surface area contributed by atoms with Gasteiger partial charge in [-0.2, -0.15) is 0 Å². The lowest BCUT2D eigenvalue weighted by molar-refractivity contribution is -0.120. The van der Waals surface area contributed by atoms with Crippen molar-refractivity contribution < 1.29 is 4.79 Å².